The van der Waals surface area contributed by atoms with E-state index in [9.17, 15) is 4.79 Å². The second-order valence-corrected chi connectivity index (χ2v) is 6.65. The van der Waals surface area contributed by atoms with Crippen molar-refractivity contribution >= 4 is 5.91 Å². The number of aromatic nitrogens is 3. The molecule has 3 rings (SSSR count). The standard InChI is InChI=1S/C21H24N4O/c1-15-7-6-8-18(11-15)13-25(14-19-9-4-5-10-22-19)21(26)12-20-16(2)23-24-17(20)3/h4-11H,12-14H2,1-3H3,(H,23,24). The molecule has 0 aliphatic rings. The van der Waals surface area contributed by atoms with Crippen molar-refractivity contribution < 1.29 is 4.79 Å². The van der Waals surface area contributed by atoms with E-state index in [-0.39, 0.29) is 5.91 Å². The van der Waals surface area contributed by atoms with Crippen LogP contribution in [-0.4, -0.2) is 26.0 Å². The van der Waals surface area contributed by atoms with Crippen LogP contribution in [0.1, 0.15) is 33.8 Å². The van der Waals surface area contributed by atoms with Crippen LogP contribution in [-0.2, 0) is 24.3 Å². The molecule has 0 aliphatic carbocycles. The van der Waals surface area contributed by atoms with Gasteiger partial charge in [0.25, 0.3) is 0 Å². The first kappa shape index (κ1) is 17.9. The Kier molecular flexibility index (Phi) is 5.46. The number of rotatable bonds is 6. The summed E-state index contributed by atoms with van der Waals surface area (Å²) in [6, 6.07) is 14.0. The highest BCUT2D eigenvalue weighted by Crippen LogP contribution is 2.15. The Morgan fingerprint density at radius 1 is 1.08 bits per heavy atom. The Labute approximate surface area is 154 Å². The number of aromatic amines is 1. The Hall–Kier alpha value is -2.95. The zero-order valence-electron chi connectivity index (χ0n) is 15.5. The molecule has 26 heavy (non-hydrogen) atoms. The number of H-pyrrole nitrogens is 1. The third-order valence-corrected chi connectivity index (χ3v) is 4.50. The van der Waals surface area contributed by atoms with Gasteiger partial charge in [0.2, 0.25) is 5.91 Å². The molecule has 0 spiro atoms. The van der Waals surface area contributed by atoms with Crippen LogP contribution in [0, 0.1) is 20.8 Å². The first-order valence-corrected chi connectivity index (χ1v) is 8.76. The molecular weight excluding hydrogens is 324 g/mol. The van der Waals surface area contributed by atoms with E-state index in [4.69, 9.17) is 0 Å². The molecule has 1 aromatic carbocycles. The number of hydrogen-bond donors (Lipinski definition) is 1. The summed E-state index contributed by atoms with van der Waals surface area (Å²) >= 11 is 0. The van der Waals surface area contributed by atoms with E-state index in [1.165, 1.54) is 5.56 Å². The highest BCUT2D eigenvalue weighted by molar-refractivity contribution is 5.79. The van der Waals surface area contributed by atoms with Gasteiger partial charge in [0.15, 0.2) is 0 Å². The quantitative estimate of drug-likeness (QED) is 0.741. The van der Waals surface area contributed by atoms with Gasteiger partial charge in [-0.1, -0.05) is 35.9 Å². The van der Waals surface area contributed by atoms with Gasteiger partial charge >= 0.3 is 0 Å². The van der Waals surface area contributed by atoms with E-state index < -0.39 is 0 Å². The maximum absolute atomic E-state index is 13.1. The first-order chi connectivity index (χ1) is 12.5. The van der Waals surface area contributed by atoms with Crippen LogP contribution in [0.3, 0.4) is 0 Å². The van der Waals surface area contributed by atoms with E-state index >= 15 is 0 Å². The Morgan fingerprint density at radius 2 is 1.92 bits per heavy atom. The van der Waals surface area contributed by atoms with Crippen LogP contribution in [0.2, 0.25) is 0 Å². The summed E-state index contributed by atoms with van der Waals surface area (Å²) in [5.41, 5.74) is 6.00. The van der Waals surface area contributed by atoms with E-state index in [2.05, 4.69) is 40.3 Å². The normalized spacial score (nSPS) is 10.7. The minimum atomic E-state index is 0.0739. The Morgan fingerprint density at radius 3 is 2.58 bits per heavy atom. The number of nitrogens with zero attached hydrogens (tertiary/aromatic N) is 3. The minimum absolute atomic E-state index is 0.0739. The van der Waals surface area contributed by atoms with Crippen LogP contribution in [0.5, 0.6) is 0 Å². The fraction of sp³-hybridized carbons (Fsp3) is 0.286. The van der Waals surface area contributed by atoms with Crippen molar-refractivity contribution in [3.05, 3.63) is 82.4 Å². The molecule has 0 radical (unpaired) electrons. The molecule has 2 aromatic heterocycles. The van der Waals surface area contributed by atoms with Crippen LogP contribution >= 0.6 is 0 Å². The van der Waals surface area contributed by atoms with Crippen molar-refractivity contribution in [1.82, 2.24) is 20.1 Å². The monoisotopic (exact) mass is 348 g/mol. The van der Waals surface area contributed by atoms with Gasteiger partial charge in [-0.2, -0.15) is 5.10 Å². The highest BCUT2D eigenvalue weighted by atomic mass is 16.2. The molecule has 1 amide bonds. The molecule has 0 aliphatic heterocycles. The van der Waals surface area contributed by atoms with Crippen LogP contribution in [0.25, 0.3) is 0 Å². The maximum atomic E-state index is 13.1. The first-order valence-electron chi connectivity index (χ1n) is 8.76. The summed E-state index contributed by atoms with van der Waals surface area (Å²) in [7, 11) is 0. The summed E-state index contributed by atoms with van der Waals surface area (Å²) in [6.45, 7) is 6.99. The van der Waals surface area contributed by atoms with E-state index in [0.717, 1.165) is 28.2 Å². The van der Waals surface area contributed by atoms with Crippen molar-refractivity contribution in [2.75, 3.05) is 0 Å². The Bertz CT molecular complexity index is 867. The molecule has 0 saturated carbocycles. The lowest BCUT2D eigenvalue weighted by molar-refractivity contribution is -0.131. The number of nitrogens with one attached hydrogen (secondary N) is 1. The summed E-state index contributed by atoms with van der Waals surface area (Å²) in [5, 5.41) is 7.16. The predicted octanol–water partition coefficient (Wildman–Crippen LogP) is 3.50. The number of carbonyl (C=O) groups excluding carboxylic acids is 1. The molecule has 2 heterocycles. The second-order valence-electron chi connectivity index (χ2n) is 6.65. The fourth-order valence-electron chi connectivity index (χ4n) is 3.05. The maximum Gasteiger partial charge on any atom is 0.227 e. The Balaban J connectivity index is 1.82. The molecule has 0 atom stereocenters. The van der Waals surface area contributed by atoms with Crippen molar-refractivity contribution in [2.45, 2.75) is 40.3 Å². The van der Waals surface area contributed by atoms with Crippen molar-refractivity contribution in [2.24, 2.45) is 0 Å². The smallest absolute Gasteiger partial charge is 0.227 e. The average molecular weight is 348 g/mol. The SMILES string of the molecule is Cc1cccc(CN(Cc2ccccn2)C(=O)Cc2c(C)n[nH]c2C)c1. The molecule has 0 saturated heterocycles. The molecule has 0 bridgehead atoms. The predicted molar refractivity (Wildman–Crippen MR) is 101 cm³/mol. The molecule has 134 valence electrons. The lowest BCUT2D eigenvalue weighted by Gasteiger charge is -2.23. The minimum Gasteiger partial charge on any atom is -0.332 e. The zero-order valence-corrected chi connectivity index (χ0v) is 15.5. The van der Waals surface area contributed by atoms with Crippen molar-refractivity contribution in [1.29, 1.82) is 0 Å². The lowest BCUT2D eigenvalue weighted by atomic mass is 10.1. The third kappa shape index (κ3) is 4.36. The summed E-state index contributed by atoms with van der Waals surface area (Å²) in [6.07, 6.45) is 2.10. The third-order valence-electron chi connectivity index (χ3n) is 4.50. The van der Waals surface area contributed by atoms with E-state index in [1.54, 1.807) is 6.20 Å². The van der Waals surface area contributed by atoms with Gasteiger partial charge in [-0.15, -0.1) is 0 Å². The lowest BCUT2D eigenvalue weighted by Crippen LogP contribution is -2.32. The number of amides is 1. The zero-order chi connectivity index (χ0) is 18.5. The van der Waals surface area contributed by atoms with Gasteiger partial charge < -0.3 is 4.90 Å². The van der Waals surface area contributed by atoms with Gasteiger partial charge in [-0.05, 0) is 38.5 Å². The number of aryl methyl sites for hydroxylation is 3. The summed E-state index contributed by atoms with van der Waals surface area (Å²) < 4.78 is 0. The molecule has 5 nitrogen and oxygen atoms in total. The van der Waals surface area contributed by atoms with E-state index in [0.29, 0.717) is 19.5 Å². The van der Waals surface area contributed by atoms with Crippen LogP contribution in [0.15, 0.2) is 48.7 Å². The van der Waals surface area contributed by atoms with Gasteiger partial charge in [0, 0.05) is 24.0 Å². The van der Waals surface area contributed by atoms with Crippen molar-refractivity contribution in [3.8, 4) is 0 Å². The summed E-state index contributed by atoms with van der Waals surface area (Å²) in [4.78, 5) is 19.3. The number of pyridine rings is 1. The number of carbonyl (C=O) groups is 1. The van der Waals surface area contributed by atoms with Crippen molar-refractivity contribution in [3.63, 3.8) is 0 Å². The average Bonchev–Trinajstić information content (AvgIpc) is 2.94. The number of benzene rings is 1. The highest BCUT2D eigenvalue weighted by Gasteiger charge is 2.19. The van der Waals surface area contributed by atoms with Gasteiger partial charge in [-0.25, -0.2) is 0 Å². The van der Waals surface area contributed by atoms with E-state index in [1.807, 2.05) is 43.0 Å². The van der Waals surface area contributed by atoms with Gasteiger partial charge in [0.05, 0.1) is 24.4 Å². The molecule has 0 fully saturated rings. The van der Waals surface area contributed by atoms with Crippen LogP contribution in [0.4, 0.5) is 0 Å². The topological polar surface area (TPSA) is 61.9 Å². The molecular formula is C21H24N4O. The molecule has 0 unspecified atom stereocenters. The second kappa shape index (κ2) is 7.95. The van der Waals surface area contributed by atoms with Gasteiger partial charge in [-0.3, -0.25) is 14.9 Å². The molecule has 1 N–H and O–H groups in total. The van der Waals surface area contributed by atoms with Crippen LogP contribution < -0.4 is 0 Å². The molecule has 3 aromatic rings. The summed E-state index contributed by atoms with van der Waals surface area (Å²) in [5.74, 6) is 0.0739. The molecule has 5 heteroatoms. The number of hydrogen-bond acceptors (Lipinski definition) is 3. The van der Waals surface area contributed by atoms with Gasteiger partial charge in [0.1, 0.15) is 0 Å². The fourth-order valence-corrected chi connectivity index (χ4v) is 3.05. The largest absolute Gasteiger partial charge is 0.332 e.